The number of hydrogen-bond donors (Lipinski definition) is 1. The van der Waals surface area contributed by atoms with Gasteiger partial charge in [-0.1, -0.05) is 0 Å². The standard InChI is InChI=1S/C15H22N2O2/c1-3-19-14-8-7-12(16)10-13(14)15(18)17-9-5-4-6-11(17)2/h7-8,10-11H,3-6,9,16H2,1-2H3/t11-/m1/s1. The van der Waals surface area contributed by atoms with Crippen LogP contribution in [0.2, 0.25) is 0 Å². The molecule has 104 valence electrons. The molecule has 0 bridgehead atoms. The van der Waals surface area contributed by atoms with E-state index in [1.54, 1.807) is 18.2 Å². The number of ether oxygens (including phenoxy) is 1. The number of likely N-dealkylation sites (tertiary alicyclic amines) is 1. The molecule has 2 rings (SSSR count). The number of amides is 1. The van der Waals surface area contributed by atoms with Crippen LogP contribution < -0.4 is 10.5 Å². The van der Waals surface area contributed by atoms with Gasteiger partial charge in [0, 0.05) is 18.3 Å². The van der Waals surface area contributed by atoms with E-state index < -0.39 is 0 Å². The highest BCUT2D eigenvalue weighted by molar-refractivity contribution is 5.98. The van der Waals surface area contributed by atoms with Gasteiger partial charge in [-0.15, -0.1) is 0 Å². The van der Waals surface area contributed by atoms with Gasteiger partial charge >= 0.3 is 0 Å². The molecule has 0 radical (unpaired) electrons. The first-order valence-corrected chi connectivity index (χ1v) is 6.96. The lowest BCUT2D eigenvalue weighted by molar-refractivity contribution is 0.0631. The summed E-state index contributed by atoms with van der Waals surface area (Å²) in [5, 5.41) is 0. The summed E-state index contributed by atoms with van der Waals surface area (Å²) in [6, 6.07) is 5.55. The molecule has 0 unspecified atom stereocenters. The molecule has 0 saturated carbocycles. The minimum absolute atomic E-state index is 0.0305. The van der Waals surface area contributed by atoms with Crippen molar-refractivity contribution in [2.75, 3.05) is 18.9 Å². The molecule has 0 aliphatic carbocycles. The lowest BCUT2D eigenvalue weighted by Gasteiger charge is -2.33. The molecule has 4 heteroatoms. The smallest absolute Gasteiger partial charge is 0.257 e. The molecule has 1 amide bonds. The third kappa shape index (κ3) is 3.00. The second-order valence-corrected chi connectivity index (χ2v) is 5.03. The van der Waals surface area contributed by atoms with E-state index in [2.05, 4.69) is 6.92 Å². The Morgan fingerprint density at radius 3 is 2.95 bits per heavy atom. The lowest BCUT2D eigenvalue weighted by atomic mass is 10.0. The molecule has 1 aliphatic rings. The Morgan fingerprint density at radius 1 is 1.47 bits per heavy atom. The van der Waals surface area contributed by atoms with Crippen LogP contribution in [-0.4, -0.2) is 30.0 Å². The predicted molar refractivity (Wildman–Crippen MR) is 76.4 cm³/mol. The summed E-state index contributed by atoms with van der Waals surface area (Å²) in [5.74, 6) is 0.655. The summed E-state index contributed by atoms with van der Waals surface area (Å²) >= 11 is 0. The number of nitrogen functional groups attached to an aromatic ring is 1. The van der Waals surface area contributed by atoms with Crippen LogP contribution in [0.1, 0.15) is 43.5 Å². The van der Waals surface area contributed by atoms with Gasteiger partial charge in [0.2, 0.25) is 0 Å². The fourth-order valence-electron chi connectivity index (χ4n) is 2.55. The van der Waals surface area contributed by atoms with E-state index in [0.29, 0.717) is 23.6 Å². The van der Waals surface area contributed by atoms with Crippen LogP contribution in [-0.2, 0) is 0 Å². The summed E-state index contributed by atoms with van der Waals surface area (Å²) < 4.78 is 5.54. The van der Waals surface area contributed by atoms with Crippen LogP contribution in [0.5, 0.6) is 5.75 Å². The average Bonchev–Trinajstić information content (AvgIpc) is 2.41. The number of anilines is 1. The van der Waals surface area contributed by atoms with Crippen LogP contribution in [0.4, 0.5) is 5.69 Å². The van der Waals surface area contributed by atoms with Gasteiger partial charge in [-0.05, 0) is 51.3 Å². The summed E-state index contributed by atoms with van der Waals surface area (Å²) in [5.41, 5.74) is 6.97. The maximum atomic E-state index is 12.6. The van der Waals surface area contributed by atoms with Crippen LogP contribution in [0.3, 0.4) is 0 Å². The fraction of sp³-hybridized carbons (Fsp3) is 0.533. The Hall–Kier alpha value is -1.71. The van der Waals surface area contributed by atoms with Crippen molar-refractivity contribution in [3.8, 4) is 5.75 Å². The molecule has 2 N–H and O–H groups in total. The number of rotatable bonds is 3. The van der Waals surface area contributed by atoms with Crippen molar-refractivity contribution in [3.05, 3.63) is 23.8 Å². The van der Waals surface area contributed by atoms with Gasteiger partial charge in [0.25, 0.3) is 5.91 Å². The first-order valence-electron chi connectivity index (χ1n) is 6.96. The summed E-state index contributed by atoms with van der Waals surface area (Å²) in [7, 11) is 0. The van der Waals surface area contributed by atoms with Crippen molar-refractivity contribution in [3.63, 3.8) is 0 Å². The van der Waals surface area contributed by atoms with Gasteiger partial charge in [0.15, 0.2) is 0 Å². The Kier molecular flexibility index (Phi) is 4.30. The number of carbonyl (C=O) groups excluding carboxylic acids is 1. The second-order valence-electron chi connectivity index (χ2n) is 5.03. The van der Waals surface area contributed by atoms with E-state index in [9.17, 15) is 4.79 Å². The number of nitrogens with two attached hydrogens (primary N) is 1. The molecule has 1 heterocycles. The minimum atomic E-state index is 0.0305. The number of piperidine rings is 1. The van der Waals surface area contributed by atoms with E-state index in [1.165, 1.54) is 6.42 Å². The number of nitrogens with zero attached hydrogens (tertiary/aromatic N) is 1. The van der Waals surface area contributed by atoms with Crippen molar-refractivity contribution < 1.29 is 9.53 Å². The van der Waals surface area contributed by atoms with Gasteiger partial charge in [-0.25, -0.2) is 0 Å². The maximum Gasteiger partial charge on any atom is 0.257 e. The molecule has 1 atom stereocenters. The molecule has 0 spiro atoms. The summed E-state index contributed by atoms with van der Waals surface area (Å²) in [6.07, 6.45) is 3.33. The maximum absolute atomic E-state index is 12.6. The monoisotopic (exact) mass is 262 g/mol. The van der Waals surface area contributed by atoms with Gasteiger partial charge < -0.3 is 15.4 Å². The molecule has 0 aromatic heterocycles. The van der Waals surface area contributed by atoms with Crippen molar-refractivity contribution in [2.24, 2.45) is 0 Å². The van der Waals surface area contributed by atoms with Crippen molar-refractivity contribution >= 4 is 11.6 Å². The predicted octanol–water partition coefficient (Wildman–Crippen LogP) is 2.68. The summed E-state index contributed by atoms with van der Waals surface area (Å²) in [4.78, 5) is 14.6. The quantitative estimate of drug-likeness (QED) is 0.852. The van der Waals surface area contributed by atoms with Crippen LogP contribution >= 0.6 is 0 Å². The normalized spacial score (nSPS) is 19.3. The first kappa shape index (κ1) is 13.7. The molecule has 1 aliphatic heterocycles. The van der Waals surface area contributed by atoms with Gasteiger partial charge in [0.05, 0.1) is 12.2 Å². The highest BCUT2D eigenvalue weighted by Gasteiger charge is 2.26. The molecular formula is C15H22N2O2. The highest BCUT2D eigenvalue weighted by Crippen LogP contribution is 2.26. The lowest BCUT2D eigenvalue weighted by Crippen LogP contribution is -2.42. The van der Waals surface area contributed by atoms with Crippen molar-refractivity contribution in [1.29, 1.82) is 0 Å². The van der Waals surface area contributed by atoms with Crippen molar-refractivity contribution in [2.45, 2.75) is 39.2 Å². The van der Waals surface area contributed by atoms with Crippen molar-refractivity contribution in [1.82, 2.24) is 4.90 Å². The Balaban J connectivity index is 2.28. The Labute approximate surface area is 114 Å². The first-order chi connectivity index (χ1) is 9.13. The van der Waals surface area contributed by atoms with E-state index in [-0.39, 0.29) is 11.9 Å². The van der Waals surface area contributed by atoms with Crippen LogP contribution in [0.15, 0.2) is 18.2 Å². The zero-order valence-electron chi connectivity index (χ0n) is 11.7. The molecule has 1 aromatic rings. The topological polar surface area (TPSA) is 55.6 Å². The molecule has 4 nitrogen and oxygen atoms in total. The number of benzene rings is 1. The largest absolute Gasteiger partial charge is 0.493 e. The second kappa shape index (κ2) is 5.95. The minimum Gasteiger partial charge on any atom is -0.493 e. The molecule has 1 fully saturated rings. The molecule has 1 aromatic carbocycles. The molecule has 19 heavy (non-hydrogen) atoms. The third-order valence-electron chi connectivity index (χ3n) is 3.60. The van der Waals surface area contributed by atoms with Gasteiger partial charge in [-0.2, -0.15) is 0 Å². The third-order valence-corrected chi connectivity index (χ3v) is 3.60. The highest BCUT2D eigenvalue weighted by atomic mass is 16.5. The number of hydrogen-bond acceptors (Lipinski definition) is 3. The van der Waals surface area contributed by atoms with E-state index in [4.69, 9.17) is 10.5 Å². The van der Waals surface area contributed by atoms with Crippen LogP contribution in [0, 0.1) is 0 Å². The Morgan fingerprint density at radius 2 is 2.26 bits per heavy atom. The fourth-order valence-corrected chi connectivity index (χ4v) is 2.55. The van der Waals surface area contributed by atoms with E-state index in [0.717, 1.165) is 19.4 Å². The van der Waals surface area contributed by atoms with Crippen LogP contribution in [0.25, 0.3) is 0 Å². The van der Waals surface area contributed by atoms with Gasteiger partial charge in [0.1, 0.15) is 5.75 Å². The SMILES string of the molecule is CCOc1ccc(N)cc1C(=O)N1CCCC[C@H]1C. The number of carbonyl (C=O) groups is 1. The zero-order chi connectivity index (χ0) is 13.8. The average molecular weight is 262 g/mol. The molecule has 1 saturated heterocycles. The van der Waals surface area contributed by atoms with Gasteiger partial charge in [-0.3, -0.25) is 4.79 Å². The van der Waals surface area contributed by atoms with E-state index in [1.807, 2.05) is 11.8 Å². The summed E-state index contributed by atoms with van der Waals surface area (Å²) in [6.45, 7) is 5.37. The Bertz CT molecular complexity index is 459. The van der Waals surface area contributed by atoms with E-state index >= 15 is 0 Å². The zero-order valence-corrected chi connectivity index (χ0v) is 11.7. The molecular weight excluding hydrogens is 240 g/mol.